The van der Waals surface area contributed by atoms with Crippen LogP contribution in [0.1, 0.15) is 344 Å². The summed E-state index contributed by atoms with van der Waals surface area (Å²) in [5, 5.41) is 10.6. The molecular formula is C70H136O17P2. The molecule has 0 aliphatic rings. The summed E-state index contributed by atoms with van der Waals surface area (Å²) in [5.41, 5.74) is 0. The largest absolute Gasteiger partial charge is 0.472 e. The Bertz CT molecular complexity index is 1770. The highest BCUT2D eigenvalue weighted by Crippen LogP contribution is 2.45. The smallest absolute Gasteiger partial charge is 0.462 e. The number of unbranched alkanes of at least 4 members (excludes halogenated alkanes) is 30. The molecule has 0 amide bonds. The molecule has 0 radical (unpaired) electrons. The van der Waals surface area contributed by atoms with Crippen LogP contribution >= 0.6 is 15.6 Å². The third-order valence-corrected chi connectivity index (χ3v) is 19.1. The molecule has 0 spiro atoms. The van der Waals surface area contributed by atoms with Crippen LogP contribution in [0.2, 0.25) is 0 Å². The molecule has 0 aliphatic carbocycles. The van der Waals surface area contributed by atoms with Crippen LogP contribution in [0, 0.1) is 23.7 Å². The molecule has 0 saturated carbocycles. The molecule has 0 aromatic rings. The van der Waals surface area contributed by atoms with E-state index >= 15 is 0 Å². The zero-order valence-corrected chi connectivity index (χ0v) is 59.8. The van der Waals surface area contributed by atoms with Crippen molar-refractivity contribution in [3.63, 3.8) is 0 Å². The Hall–Kier alpha value is -1.94. The van der Waals surface area contributed by atoms with E-state index in [1.165, 1.54) is 141 Å². The predicted molar refractivity (Wildman–Crippen MR) is 358 cm³/mol. The van der Waals surface area contributed by atoms with E-state index in [0.717, 1.165) is 114 Å². The van der Waals surface area contributed by atoms with E-state index in [0.29, 0.717) is 31.6 Å². The number of hydrogen-bond donors (Lipinski definition) is 3. The summed E-state index contributed by atoms with van der Waals surface area (Å²) in [6.45, 7) is 14.1. The van der Waals surface area contributed by atoms with Gasteiger partial charge in [-0.3, -0.25) is 37.3 Å². The third-order valence-electron chi connectivity index (χ3n) is 17.2. The number of phosphoric acid groups is 2. The second kappa shape index (κ2) is 59.8. The van der Waals surface area contributed by atoms with Crippen LogP contribution in [0.15, 0.2) is 0 Å². The Balaban J connectivity index is 5.23. The van der Waals surface area contributed by atoms with Gasteiger partial charge in [0, 0.05) is 25.7 Å². The van der Waals surface area contributed by atoms with Gasteiger partial charge in [-0.25, -0.2) is 9.13 Å². The Morgan fingerprint density at radius 2 is 0.539 bits per heavy atom. The number of ether oxygens (including phenoxy) is 4. The molecule has 0 bridgehead atoms. The van der Waals surface area contributed by atoms with Gasteiger partial charge in [0.05, 0.1) is 26.4 Å². The summed E-state index contributed by atoms with van der Waals surface area (Å²) in [6.07, 6.45) is 41.8. The zero-order chi connectivity index (χ0) is 66.1. The molecule has 5 unspecified atom stereocenters. The summed E-state index contributed by atoms with van der Waals surface area (Å²) in [4.78, 5) is 72.5. The normalized spacial score (nSPS) is 15.2. The van der Waals surface area contributed by atoms with Gasteiger partial charge in [-0.1, -0.05) is 293 Å². The highest BCUT2D eigenvalue weighted by atomic mass is 31.2. The number of carbonyl (C=O) groups excluding carboxylic acids is 4. The fourth-order valence-electron chi connectivity index (χ4n) is 10.4. The van der Waals surface area contributed by atoms with E-state index in [1.54, 1.807) is 0 Å². The van der Waals surface area contributed by atoms with E-state index in [9.17, 15) is 43.2 Å². The number of aliphatic hydroxyl groups excluding tert-OH is 1. The minimum atomic E-state index is -4.95. The first-order valence-electron chi connectivity index (χ1n) is 36.3. The lowest BCUT2D eigenvalue weighted by molar-refractivity contribution is -0.161. The average Bonchev–Trinajstić information content (AvgIpc) is 3.50. The molecule has 0 fully saturated rings. The third kappa shape index (κ3) is 60.7. The highest BCUT2D eigenvalue weighted by Gasteiger charge is 2.30. The maximum atomic E-state index is 13.0. The van der Waals surface area contributed by atoms with Crippen molar-refractivity contribution in [2.75, 3.05) is 39.6 Å². The van der Waals surface area contributed by atoms with E-state index in [2.05, 4.69) is 55.4 Å². The number of rotatable bonds is 67. The van der Waals surface area contributed by atoms with Gasteiger partial charge in [0.1, 0.15) is 19.3 Å². The van der Waals surface area contributed by atoms with Crippen molar-refractivity contribution in [1.29, 1.82) is 0 Å². The van der Waals surface area contributed by atoms with Gasteiger partial charge in [-0.05, 0) is 49.4 Å². The van der Waals surface area contributed by atoms with E-state index < -0.39 is 97.5 Å². The minimum Gasteiger partial charge on any atom is -0.462 e. The molecule has 0 saturated heterocycles. The first-order valence-corrected chi connectivity index (χ1v) is 39.3. The molecule has 0 aromatic heterocycles. The lowest BCUT2D eigenvalue weighted by Gasteiger charge is -2.21. The Labute approximate surface area is 543 Å². The molecule has 89 heavy (non-hydrogen) atoms. The number of hydrogen-bond acceptors (Lipinski definition) is 15. The first kappa shape index (κ1) is 87.1. The van der Waals surface area contributed by atoms with Gasteiger partial charge in [0.2, 0.25) is 0 Å². The van der Waals surface area contributed by atoms with Gasteiger partial charge in [-0.2, -0.15) is 0 Å². The van der Waals surface area contributed by atoms with Crippen molar-refractivity contribution < 1.29 is 80.2 Å². The van der Waals surface area contributed by atoms with E-state index in [4.69, 9.17) is 37.0 Å². The van der Waals surface area contributed by atoms with Crippen molar-refractivity contribution in [1.82, 2.24) is 0 Å². The van der Waals surface area contributed by atoms with Crippen molar-refractivity contribution >= 4 is 39.5 Å². The summed E-state index contributed by atoms with van der Waals surface area (Å²) >= 11 is 0. The van der Waals surface area contributed by atoms with Crippen LogP contribution in [0.25, 0.3) is 0 Å². The molecular weight excluding hydrogens is 1170 g/mol. The van der Waals surface area contributed by atoms with Crippen LogP contribution in [0.3, 0.4) is 0 Å². The fourth-order valence-corrected chi connectivity index (χ4v) is 12.0. The van der Waals surface area contributed by atoms with Crippen LogP contribution in [0.5, 0.6) is 0 Å². The van der Waals surface area contributed by atoms with Gasteiger partial charge in [0.25, 0.3) is 0 Å². The zero-order valence-electron chi connectivity index (χ0n) is 58.1. The maximum Gasteiger partial charge on any atom is 0.472 e. The molecule has 17 nitrogen and oxygen atoms in total. The Morgan fingerprint density at radius 3 is 0.798 bits per heavy atom. The van der Waals surface area contributed by atoms with E-state index in [-0.39, 0.29) is 25.7 Å². The average molecular weight is 1310 g/mol. The molecule has 19 heteroatoms. The highest BCUT2D eigenvalue weighted by molar-refractivity contribution is 7.47. The number of phosphoric ester groups is 2. The van der Waals surface area contributed by atoms with Crippen molar-refractivity contribution in [2.24, 2.45) is 23.7 Å². The predicted octanol–water partition coefficient (Wildman–Crippen LogP) is 19.7. The van der Waals surface area contributed by atoms with Crippen LogP contribution in [-0.2, 0) is 65.4 Å². The minimum absolute atomic E-state index is 0.101. The maximum absolute atomic E-state index is 13.0. The molecule has 0 rings (SSSR count). The standard InChI is InChI=1S/C70H136O17P2/c1-9-61(6)47-39-31-22-18-16-14-12-13-15-17-19-25-36-44-52-69(74)86-65(56-80-67(72)50-42-34-24-21-20-23-32-40-48-62(7)10-2)58-84-88(76,77)82-54-64(71)55-83-89(78,79)85-59-66(57-81-68(73)51-43-35-28-26-30-38-46-60(4)5)87-70(75)53-45-37-29-27-33-41-49-63(8)11-3/h60-66,71H,9-59H2,1-8H3,(H,76,77)(H,78,79)/t61?,62?,63?,64-,65-,66-/m1/s1. The van der Waals surface area contributed by atoms with E-state index in [1.807, 2.05) is 0 Å². The first-order chi connectivity index (χ1) is 42.7. The van der Waals surface area contributed by atoms with Gasteiger partial charge in [-0.15, -0.1) is 0 Å². The number of esters is 4. The van der Waals surface area contributed by atoms with Crippen molar-refractivity contribution in [2.45, 2.75) is 363 Å². The van der Waals surface area contributed by atoms with Gasteiger partial charge < -0.3 is 33.8 Å². The monoisotopic (exact) mass is 1310 g/mol. The summed E-state index contributed by atoms with van der Waals surface area (Å²) in [6, 6.07) is 0. The van der Waals surface area contributed by atoms with Gasteiger partial charge in [0.15, 0.2) is 12.2 Å². The molecule has 0 aliphatic heterocycles. The summed E-state index contributed by atoms with van der Waals surface area (Å²) in [5.74, 6) is 0.889. The van der Waals surface area contributed by atoms with Crippen LogP contribution < -0.4 is 0 Å². The molecule has 3 N–H and O–H groups in total. The van der Waals surface area contributed by atoms with Gasteiger partial charge >= 0.3 is 39.5 Å². The summed E-state index contributed by atoms with van der Waals surface area (Å²) < 4.78 is 68.2. The number of carbonyl (C=O) groups is 4. The topological polar surface area (TPSA) is 237 Å². The van der Waals surface area contributed by atoms with Crippen molar-refractivity contribution in [3.8, 4) is 0 Å². The second-order valence-electron chi connectivity index (χ2n) is 26.5. The molecule has 0 heterocycles. The second-order valence-corrected chi connectivity index (χ2v) is 29.4. The molecule has 528 valence electrons. The van der Waals surface area contributed by atoms with Crippen LogP contribution in [0.4, 0.5) is 0 Å². The Morgan fingerprint density at radius 1 is 0.315 bits per heavy atom. The molecule has 8 atom stereocenters. The lowest BCUT2D eigenvalue weighted by Crippen LogP contribution is -2.30. The van der Waals surface area contributed by atoms with Crippen molar-refractivity contribution in [3.05, 3.63) is 0 Å². The SMILES string of the molecule is CCC(C)CCCCCCCCCCCCCCCCC(=O)O[C@H](COC(=O)CCCCCCCCCCC(C)CC)COP(=O)(O)OC[C@@H](O)COP(=O)(O)OC[C@@H](COC(=O)CCCCCCCCC(C)C)OC(=O)CCCCCCCCC(C)CC. The molecule has 0 aromatic carbocycles. The number of aliphatic hydroxyl groups is 1. The quantitative estimate of drug-likeness (QED) is 0.0222. The summed E-state index contributed by atoms with van der Waals surface area (Å²) in [7, 11) is -9.90. The fraction of sp³-hybridized carbons (Fsp3) is 0.943. The van der Waals surface area contributed by atoms with Crippen LogP contribution in [-0.4, -0.2) is 96.7 Å². The lowest BCUT2D eigenvalue weighted by atomic mass is 9.99. The Kier molecular flexibility index (Phi) is 58.5.